The quantitative estimate of drug-likeness (QED) is 0.748. The number of amides is 3. The molecule has 1 aromatic carbocycles. The molecule has 4 rings (SSSR count). The Morgan fingerprint density at radius 1 is 1.12 bits per heavy atom. The van der Waals surface area contributed by atoms with Crippen LogP contribution in [0.15, 0.2) is 29.3 Å². The number of anilines is 1. The van der Waals surface area contributed by atoms with Crippen LogP contribution in [0.2, 0.25) is 0 Å². The standard InChI is InChI=1S/C24H32N4O3S/c1-16-11-17(2)15-28(14-16)23(31)18-7-6-8-19(12-18)25-21(29)13-20-22(30)26-24(32-20)27-9-4-3-5-10-27/h6-8,12,16-17,20H,3-5,9-11,13-15H2,1-2H3,(H,25,29)/t16-,17-,20+/m1/s1. The van der Waals surface area contributed by atoms with Crippen molar-refractivity contribution in [1.29, 1.82) is 0 Å². The Kier molecular flexibility index (Phi) is 7.18. The number of nitrogens with zero attached hydrogens (tertiary/aromatic N) is 3. The molecule has 8 heteroatoms. The van der Waals surface area contributed by atoms with E-state index in [-0.39, 0.29) is 24.1 Å². The normalized spacial score (nSPS) is 26.1. The van der Waals surface area contributed by atoms with Crippen LogP contribution in [-0.2, 0) is 9.59 Å². The molecule has 0 saturated carbocycles. The molecule has 3 amide bonds. The summed E-state index contributed by atoms with van der Waals surface area (Å²) in [4.78, 5) is 46.2. The van der Waals surface area contributed by atoms with Gasteiger partial charge < -0.3 is 15.1 Å². The molecule has 1 N–H and O–H groups in total. The van der Waals surface area contributed by atoms with Gasteiger partial charge in [0.15, 0.2) is 5.17 Å². The van der Waals surface area contributed by atoms with E-state index in [2.05, 4.69) is 29.1 Å². The highest BCUT2D eigenvalue weighted by Crippen LogP contribution is 2.29. The average molecular weight is 457 g/mol. The van der Waals surface area contributed by atoms with E-state index in [1.165, 1.54) is 18.2 Å². The van der Waals surface area contributed by atoms with Gasteiger partial charge in [-0.3, -0.25) is 14.4 Å². The minimum Gasteiger partial charge on any atom is -0.351 e. The van der Waals surface area contributed by atoms with E-state index in [1.807, 2.05) is 4.90 Å². The van der Waals surface area contributed by atoms with Crippen LogP contribution in [0.3, 0.4) is 0 Å². The van der Waals surface area contributed by atoms with Crippen molar-refractivity contribution in [3.63, 3.8) is 0 Å². The number of aliphatic imine (C=N–C) groups is 1. The van der Waals surface area contributed by atoms with Crippen LogP contribution >= 0.6 is 11.8 Å². The van der Waals surface area contributed by atoms with Crippen LogP contribution in [-0.4, -0.2) is 64.1 Å². The minimum absolute atomic E-state index is 0.000554. The second-order valence-electron chi connectivity index (χ2n) is 9.38. The monoisotopic (exact) mass is 456 g/mol. The molecule has 2 fully saturated rings. The molecule has 0 aliphatic carbocycles. The Bertz CT molecular complexity index is 902. The topological polar surface area (TPSA) is 82.1 Å². The van der Waals surface area contributed by atoms with Crippen LogP contribution in [0, 0.1) is 11.8 Å². The number of thioether (sulfide) groups is 1. The second-order valence-corrected chi connectivity index (χ2v) is 10.5. The van der Waals surface area contributed by atoms with Gasteiger partial charge in [-0.2, -0.15) is 4.99 Å². The molecule has 0 aromatic heterocycles. The molecule has 3 aliphatic heterocycles. The first-order valence-electron chi connectivity index (χ1n) is 11.6. The largest absolute Gasteiger partial charge is 0.351 e. The first-order valence-corrected chi connectivity index (χ1v) is 12.5. The SMILES string of the molecule is C[C@@H]1C[C@@H](C)CN(C(=O)c2cccc(NC(=O)C[C@@H]3SC(N4CCCCC4)=NC3=O)c2)C1. The van der Waals surface area contributed by atoms with E-state index in [9.17, 15) is 14.4 Å². The summed E-state index contributed by atoms with van der Waals surface area (Å²) < 4.78 is 0. The number of carbonyl (C=O) groups is 3. The number of rotatable bonds is 4. The number of piperidine rings is 2. The number of carbonyl (C=O) groups excluding carboxylic acids is 3. The highest BCUT2D eigenvalue weighted by molar-refractivity contribution is 8.15. The van der Waals surface area contributed by atoms with E-state index in [4.69, 9.17) is 0 Å². The van der Waals surface area contributed by atoms with Crippen molar-refractivity contribution in [2.75, 3.05) is 31.5 Å². The number of nitrogens with one attached hydrogen (secondary N) is 1. The lowest BCUT2D eigenvalue weighted by Crippen LogP contribution is -2.42. The third-order valence-electron chi connectivity index (χ3n) is 6.28. The Morgan fingerprint density at radius 2 is 1.84 bits per heavy atom. The molecule has 2 saturated heterocycles. The lowest BCUT2D eigenvalue weighted by Gasteiger charge is -2.35. The van der Waals surface area contributed by atoms with Gasteiger partial charge in [0.2, 0.25) is 5.91 Å². The lowest BCUT2D eigenvalue weighted by molar-refractivity contribution is -0.121. The minimum atomic E-state index is -0.479. The van der Waals surface area contributed by atoms with Crippen LogP contribution in [0.4, 0.5) is 5.69 Å². The number of amidine groups is 1. The number of benzene rings is 1. The average Bonchev–Trinajstić information content (AvgIpc) is 3.13. The Labute approximate surface area is 194 Å². The zero-order valence-electron chi connectivity index (χ0n) is 18.9. The van der Waals surface area contributed by atoms with Crippen molar-refractivity contribution >= 4 is 40.3 Å². The zero-order valence-corrected chi connectivity index (χ0v) is 19.7. The summed E-state index contributed by atoms with van der Waals surface area (Å²) in [6.45, 7) is 7.73. The second kappa shape index (κ2) is 10.1. The third-order valence-corrected chi connectivity index (χ3v) is 7.49. The van der Waals surface area contributed by atoms with Crippen molar-refractivity contribution in [3.05, 3.63) is 29.8 Å². The van der Waals surface area contributed by atoms with Gasteiger partial charge in [-0.05, 0) is 55.7 Å². The first-order chi connectivity index (χ1) is 15.4. The molecule has 0 unspecified atom stereocenters. The highest BCUT2D eigenvalue weighted by atomic mass is 32.2. The first kappa shape index (κ1) is 22.8. The molecule has 0 bridgehead atoms. The number of hydrogen-bond donors (Lipinski definition) is 1. The summed E-state index contributed by atoms with van der Waals surface area (Å²) >= 11 is 1.40. The molecular formula is C24H32N4O3S. The molecule has 3 heterocycles. The summed E-state index contributed by atoms with van der Waals surface area (Å²) in [6.07, 6.45) is 4.66. The van der Waals surface area contributed by atoms with E-state index >= 15 is 0 Å². The molecule has 0 spiro atoms. The summed E-state index contributed by atoms with van der Waals surface area (Å²) in [5, 5.41) is 3.14. The molecule has 172 valence electrons. The molecule has 32 heavy (non-hydrogen) atoms. The predicted octanol–water partition coefficient (Wildman–Crippen LogP) is 3.62. The summed E-state index contributed by atoms with van der Waals surface area (Å²) in [7, 11) is 0. The Hall–Kier alpha value is -2.35. The molecule has 0 radical (unpaired) electrons. The van der Waals surface area contributed by atoms with Gasteiger partial charge in [0.25, 0.3) is 11.8 Å². The van der Waals surface area contributed by atoms with Crippen LogP contribution in [0.1, 0.15) is 56.3 Å². The fraction of sp³-hybridized carbons (Fsp3) is 0.583. The molecule has 3 aliphatic rings. The summed E-state index contributed by atoms with van der Waals surface area (Å²) in [6, 6.07) is 7.07. The van der Waals surface area contributed by atoms with Crippen LogP contribution in [0.5, 0.6) is 0 Å². The smallest absolute Gasteiger partial charge is 0.262 e. The van der Waals surface area contributed by atoms with E-state index in [0.717, 1.165) is 50.6 Å². The van der Waals surface area contributed by atoms with Crippen molar-refractivity contribution < 1.29 is 14.4 Å². The summed E-state index contributed by atoms with van der Waals surface area (Å²) in [5.41, 5.74) is 1.15. The van der Waals surface area contributed by atoms with Gasteiger partial charge in [-0.1, -0.05) is 31.7 Å². The van der Waals surface area contributed by atoms with Gasteiger partial charge in [-0.25, -0.2) is 0 Å². The molecule has 3 atom stereocenters. The molecule has 7 nitrogen and oxygen atoms in total. The van der Waals surface area contributed by atoms with Crippen molar-refractivity contribution in [3.8, 4) is 0 Å². The maximum Gasteiger partial charge on any atom is 0.262 e. The maximum atomic E-state index is 13.0. The third kappa shape index (κ3) is 5.52. The van der Waals surface area contributed by atoms with Gasteiger partial charge >= 0.3 is 0 Å². The van der Waals surface area contributed by atoms with E-state index in [0.29, 0.717) is 23.1 Å². The number of hydrogen-bond acceptors (Lipinski definition) is 5. The summed E-state index contributed by atoms with van der Waals surface area (Å²) in [5.74, 6) is 0.507. The van der Waals surface area contributed by atoms with Crippen molar-refractivity contribution in [2.24, 2.45) is 16.8 Å². The Morgan fingerprint density at radius 3 is 2.56 bits per heavy atom. The van der Waals surface area contributed by atoms with E-state index < -0.39 is 5.25 Å². The van der Waals surface area contributed by atoms with Crippen molar-refractivity contribution in [1.82, 2.24) is 9.80 Å². The van der Waals surface area contributed by atoms with E-state index in [1.54, 1.807) is 24.3 Å². The van der Waals surface area contributed by atoms with Gasteiger partial charge in [0.05, 0.1) is 0 Å². The fourth-order valence-electron chi connectivity index (χ4n) is 4.85. The van der Waals surface area contributed by atoms with Crippen molar-refractivity contribution in [2.45, 2.75) is 51.2 Å². The predicted molar refractivity (Wildman–Crippen MR) is 128 cm³/mol. The highest BCUT2D eigenvalue weighted by Gasteiger charge is 2.33. The van der Waals surface area contributed by atoms with Crippen LogP contribution < -0.4 is 5.32 Å². The van der Waals surface area contributed by atoms with Gasteiger partial charge in [0.1, 0.15) is 5.25 Å². The Balaban J connectivity index is 1.33. The van der Waals surface area contributed by atoms with Gasteiger partial charge in [-0.15, -0.1) is 0 Å². The zero-order chi connectivity index (χ0) is 22.7. The van der Waals surface area contributed by atoms with Gasteiger partial charge in [0, 0.05) is 43.9 Å². The molecule has 1 aromatic rings. The maximum absolute atomic E-state index is 13.0. The van der Waals surface area contributed by atoms with Crippen LogP contribution in [0.25, 0.3) is 0 Å². The number of likely N-dealkylation sites (tertiary alicyclic amines) is 2. The lowest BCUT2D eigenvalue weighted by atomic mass is 9.91. The fourth-order valence-corrected chi connectivity index (χ4v) is 5.97. The molecular weight excluding hydrogens is 424 g/mol.